The monoisotopic (exact) mass is 278 g/mol. The van der Waals surface area contributed by atoms with Gasteiger partial charge in [-0.15, -0.1) is 12.4 Å². The van der Waals surface area contributed by atoms with Crippen LogP contribution in [0.4, 0.5) is 8.78 Å². The van der Waals surface area contributed by atoms with Gasteiger partial charge in [-0.05, 0) is 31.2 Å². The van der Waals surface area contributed by atoms with E-state index in [-0.39, 0.29) is 18.0 Å². The number of carbonyl (C=O) groups is 1. The highest BCUT2D eigenvalue weighted by Crippen LogP contribution is 2.08. The molecule has 102 valence electrons. The van der Waals surface area contributed by atoms with Crippen LogP contribution >= 0.6 is 12.4 Å². The predicted molar refractivity (Wildman–Crippen MR) is 69.1 cm³/mol. The fourth-order valence-electron chi connectivity index (χ4n) is 1.31. The largest absolute Gasteiger partial charge is 0.351 e. The third-order valence-corrected chi connectivity index (χ3v) is 2.20. The molecule has 0 aliphatic rings. The summed E-state index contributed by atoms with van der Waals surface area (Å²) >= 11 is 0. The van der Waals surface area contributed by atoms with E-state index in [2.05, 4.69) is 10.6 Å². The zero-order valence-corrected chi connectivity index (χ0v) is 10.9. The number of hydrogen-bond donors (Lipinski definition) is 2. The highest BCUT2D eigenvalue weighted by Gasteiger charge is 2.08. The molecule has 0 aliphatic carbocycles. The van der Waals surface area contributed by atoms with Crippen molar-refractivity contribution < 1.29 is 13.6 Å². The van der Waals surface area contributed by atoms with E-state index in [9.17, 15) is 13.6 Å². The maximum absolute atomic E-state index is 12.9. The van der Waals surface area contributed by atoms with Gasteiger partial charge in [0.2, 0.25) is 0 Å². The van der Waals surface area contributed by atoms with Crippen molar-refractivity contribution in [3.05, 3.63) is 35.4 Å². The number of benzene rings is 1. The van der Waals surface area contributed by atoms with Crippen LogP contribution in [-0.4, -0.2) is 25.5 Å². The van der Waals surface area contributed by atoms with E-state index in [0.717, 1.165) is 25.1 Å². The quantitative estimate of drug-likeness (QED) is 0.783. The first kappa shape index (κ1) is 16.8. The molecule has 0 spiro atoms. The van der Waals surface area contributed by atoms with Crippen molar-refractivity contribution in [2.45, 2.75) is 13.3 Å². The summed E-state index contributed by atoms with van der Waals surface area (Å²) in [6, 6.07) is 3.09. The van der Waals surface area contributed by atoms with Gasteiger partial charge in [0.1, 0.15) is 0 Å². The summed E-state index contributed by atoms with van der Waals surface area (Å²) in [5, 5.41) is 5.73. The molecule has 6 heteroatoms. The van der Waals surface area contributed by atoms with Crippen molar-refractivity contribution in [1.82, 2.24) is 10.6 Å². The molecule has 0 atom stereocenters. The Morgan fingerprint density at radius 1 is 1.17 bits per heavy atom. The first-order valence-corrected chi connectivity index (χ1v) is 5.59. The first-order chi connectivity index (χ1) is 8.15. The van der Waals surface area contributed by atoms with Crippen LogP contribution in [-0.2, 0) is 0 Å². The zero-order valence-electron chi connectivity index (χ0n) is 10.1. The summed E-state index contributed by atoms with van der Waals surface area (Å²) in [5.41, 5.74) is 0.124. The second-order valence-electron chi connectivity index (χ2n) is 3.63. The van der Waals surface area contributed by atoms with Crippen LogP contribution in [0.3, 0.4) is 0 Å². The lowest BCUT2D eigenvalue weighted by Crippen LogP contribution is -2.32. The Bertz CT molecular complexity index is 388. The predicted octanol–water partition coefficient (Wildman–Crippen LogP) is 2.12. The third kappa shape index (κ3) is 5.42. The number of hydrogen-bond acceptors (Lipinski definition) is 2. The van der Waals surface area contributed by atoms with Crippen LogP contribution in [0.1, 0.15) is 23.7 Å². The molecule has 0 unspecified atom stereocenters. The summed E-state index contributed by atoms with van der Waals surface area (Å²) in [5.74, 6) is -2.37. The molecule has 3 nitrogen and oxygen atoms in total. The van der Waals surface area contributed by atoms with Crippen molar-refractivity contribution in [2.75, 3.05) is 19.6 Å². The highest BCUT2D eigenvalue weighted by atomic mass is 35.5. The van der Waals surface area contributed by atoms with Crippen LogP contribution in [0.5, 0.6) is 0 Å². The van der Waals surface area contributed by atoms with Crippen LogP contribution < -0.4 is 10.6 Å². The SMILES string of the molecule is CCCNCCNC(=O)c1ccc(F)c(F)c1.Cl. The topological polar surface area (TPSA) is 41.1 Å². The number of rotatable bonds is 6. The lowest BCUT2D eigenvalue weighted by Gasteiger charge is -2.06. The van der Waals surface area contributed by atoms with E-state index in [4.69, 9.17) is 0 Å². The summed E-state index contributed by atoms with van der Waals surface area (Å²) in [4.78, 5) is 11.5. The molecule has 18 heavy (non-hydrogen) atoms. The summed E-state index contributed by atoms with van der Waals surface area (Å²) in [6.45, 7) is 4.05. The standard InChI is InChI=1S/C12H16F2N2O.ClH/c1-2-5-15-6-7-16-12(17)9-3-4-10(13)11(14)8-9;/h3-4,8,15H,2,5-7H2,1H3,(H,16,17);1H. The Morgan fingerprint density at radius 3 is 2.50 bits per heavy atom. The van der Waals surface area contributed by atoms with Crippen LogP contribution in [0, 0.1) is 11.6 Å². The van der Waals surface area contributed by atoms with E-state index >= 15 is 0 Å². The smallest absolute Gasteiger partial charge is 0.251 e. The van der Waals surface area contributed by atoms with Gasteiger partial charge in [-0.2, -0.15) is 0 Å². The lowest BCUT2D eigenvalue weighted by atomic mass is 10.2. The molecular formula is C12H17ClF2N2O. The van der Waals surface area contributed by atoms with E-state index in [1.54, 1.807) is 0 Å². The average molecular weight is 279 g/mol. The van der Waals surface area contributed by atoms with Gasteiger partial charge in [0.15, 0.2) is 11.6 Å². The van der Waals surface area contributed by atoms with Crippen molar-refractivity contribution in [1.29, 1.82) is 0 Å². The Labute approximate surface area is 111 Å². The summed E-state index contributed by atoms with van der Waals surface area (Å²) in [7, 11) is 0. The van der Waals surface area contributed by atoms with Crippen molar-refractivity contribution >= 4 is 18.3 Å². The minimum atomic E-state index is -1.01. The maximum atomic E-state index is 12.9. The van der Waals surface area contributed by atoms with E-state index < -0.39 is 17.5 Å². The van der Waals surface area contributed by atoms with Gasteiger partial charge in [0.05, 0.1) is 0 Å². The van der Waals surface area contributed by atoms with Gasteiger partial charge < -0.3 is 10.6 Å². The molecule has 0 saturated carbocycles. The van der Waals surface area contributed by atoms with Crippen LogP contribution in [0.15, 0.2) is 18.2 Å². The molecular weight excluding hydrogens is 262 g/mol. The molecule has 0 saturated heterocycles. The van der Waals surface area contributed by atoms with Gasteiger partial charge in [0.25, 0.3) is 5.91 Å². The van der Waals surface area contributed by atoms with E-state index in [0.29, 0.717) is 13.1 Å². The van der Waals surface area contributed by atoms with E-state index in [1.807, 2.05) is 6.92 Å². The second-order valence-corrected chi connectivity index (χ2v) is 3.63. The van der Waals surface area contributed by atoms with Gasteiger partial charge >= 0.3 is 0 Å². The van der Waals surface area contributed by atoms with Crippen LogP contribution in [0.25, 0.3) is 0 Å². The second kappa shape index (κ2) is 8.83. The minimum absolute atomic E-state index is 0. The normalized spacial score (nSPS) is 9.72. The van der Waals surface area contributed by atoms with Gasteiger partial charge in [-0.1, -0.05) is 6.92 Å². The molecule has 1 rings (SSSR count). The molecule has 2 N–H and O–H groups in total. The summed E-state index contributed by atoms with van der Waals surface area (Å²) in [6.07, 6.45) is 1.02. The molecule has 0 radical (unpaired) electrons. The van der Waals surface area contributed by atoms with Gasteiger partial charge in [0, 0.05) is 18.7 Å². The molecule has 1 amide bonds. The molecule has 1 aromatic rings. The Hall–Kier alpha value is -1.20. The molecule has 0 heterocycles. The minimum Gasteiger partial charge on any atom is -0.351 e. The number of carbonyl (C=O) groups excluding carboxylic acids is 1. The molecule has 0 bridgehead atoms. The van der Waals surface area contributed by atoms with E-state index in [1.165, 1.54) is 6.07 Å². The number of amides is 1. The summed E-state index contributed by atoms with van der Waals surface area (Å²) < 4.78 is 25.5. The Kier molecular flexibility index (Phi) is 8.24. The average Bonchev–Trinajstić information content (AvgIpc) is 2.32. The molecule has 0 aliphatic heterocycles. The Balaban J connectivity index is 0.00000289. The fourth-order valence-corrected chi connectivity index (χ4v) is 1.31. The third-order valence-electron chi connectivity index (χ3n) is 2.20. The van der Waals surface area contributed by atoms with Crippen molar-refractivity contribution in [3.63, 3.8) is 0 Å². The van der Waals surface area contributed by atoms with Gasteiger partial charge in [-0.25, -0.2) is 8.78 Å². The van der Waals surface area contributed by atoms with Gasteiger partial charge in [-0.3, -0.25) is 4.79 Å². The number of nitrogens with one attached hydrogen (secondary N) is 2. The molecule has 0 fully saturated rings. The first-order valence-electron chi connectivity index (χ1n) is 5.59. The number of halogens is 3. The lowest BCUT2D eigenvalue weighted by molar-refractivity contribution is 0.0953. The van der Waals surface area contributed by atoms with Crippen molar-refractivity contribution in [2.24, 2.45) is 0 Å². The van der Waals surface area contributed by atoms with Crippen LogP contribution in [0.2, 0.25) is 0 Å². The van der Waals surface area contributed by atoms with Crippen molar-refractivity contribution in [3.8, 4) is 0 Å². The Morgan fingerprint density at radius 2 is 1.89 bits per heavy atom. The fraction of sp³-hybridized carbons (Fsp3) is 0.417. The zero-order chi connectivity index (χ0) is 12.7. The molecule has 1 aromatic carbocycles. The highest BCUT2D eigenvalue weighted by molar-refractivity contribution is 5.94. The molecule has 0 aromatic heterocycles. The maximum Gasteiger partial charge on any atom is 0.251 e.